The van der Waals surface area contributed by atoms with E-state index >= 15 is 0 Å². The molecule has 1 amide bonds. The third-order valence-electron chi connectivity index (χ3n) is 5.68. The number of halogens is 2. The Balaban J connectivity index is 1.52. The molecule has 1 aliphatic rings. The predicted octanol–water partition coefficient (Wildman–Crippen LogP) is 5.85. The van der Waals surface area contributed by atoms with Crippen molar-refractivity contribution in [1.82, 2.24) is 14.5 Å². The zero-order valence-corrected chi connectivity index (χ0v) is 17.1. The summed E-state index contributed by atoms with van der Waals surface area (Å²) in [5.74, 6) is -1.36. The standard InChI is InChI=1S/C24H20F2N4O2/c25-16-11-9-15(10-12-16)21-22(30(14-28-21)17-5-1-2-6-17)20-13-27-24(32-20)23(31)29-19-8-4-3-7-18(19)26/h3-4,7-14,17H,1-2,5-6H2,(H,29,31). The zero-order valence-electron chi connectivity index (χ0n) is 17.1. The predicted molar refractivity (Wildman–Crippen MR) is 115 cm³/mol. The van der Waals surface area contributed by atoms with E-state index in [0.717, 1.165) is 31.2 Å². The van der Waals surface area contributed by atoms with Crippen LogP contribution < -0.4 is 5.32 Å². The summed E-state index contributed by atoms with van der Waals surface area (Å²) in [5, 5.41) is 2.47. The van der Waals surface area contributed by atoms with E-state index in [1.165, 1.54) is 36.5 Å². The van der Waals surface area contributed by atoms with Crippen molar-refractivity contribution in [1.29, 1.82) is 0 Å². The zero-order chi connectivity index (χ0) is 22.1. The number of nitrogens with one attached hydrogen (secondary N) is 1. The normalized spacial score (nSPS) is 14.1. The number of nitrogens with zero attached hydrogens (tertiary/aromatic N) is 3. The second-order valence-corrected chi connectivity index (χ2v) is 7.76. The number of para-hydroxylation sites is 1. The minimum absolute atomic E-state index is 0.0419. The molecule has 1 N–H and O–H groups in total. The van der Waals surface area contributed by atoms with E-state index in [4.69, 9.17) is 4.42 Å². The number of aromatic nitrogens is 3. The highest BCUT2D eigenvalue weighted by atomic mass is 19.1. The molecule has 2 aromatic heterocycles. The number of anilines is 1. The summed E-state index contributed by atoms with van der Waals surface area (Å²) >= 11 is 0. The summed E-state index contributed by atoms with van der Waals surface area (Å²) in [4.78, 5) is 21.3. The molecule has 2 heterocycles. The number of hydrogen-bond donors (Lipinski definition) is 1. The second-order valence-electron chi connectivity index (χ2n) is 7.76. The highest BCUT2D eigenvalue weighted by molar-refractivity contribution is 6.01. The van der Waals surface area contributed by atoms with Gasteiger partial charge in [-0.3, -0.25) is 4.79 Å². The van der Waals surface area contributed by atoms with E-state index in [1.807, 2.05) is 4.57 Å². The summed E-state index contributed by atoms with van der Waals surface area (Å²) in [6.07, 6.45) is 7.50. The topological polar surface area (TPSA) is 73.0 Å². The monoisotopic (exact) mass is 434 g/mol. The Kier molecular flexibility index (Phi) is 5.26. The van der Waals surface area contributed by atoms with Crippen molar-refractivity contribution >= 4 is 11.6 Å². The average Bonchev–Trinajstić information content (AvgIpc) is 3.55. The highest BCUT2D eigenvalue weighted by Gasteiger charge is 2.26. The second kappa shape index (κ2) is 8.37. The Morgan fingerprint density at radius 2 is 1.78 bits per heavy atom. The summed E-state index contributed by atoms with van der Waals surface area (Å²) in [6.45, 7) is 0. The quantitative estimate of drug-likeness (QED) is 0.428. The van der Waals surface area contributed by atoms with Crippen LogP contribution in [0.15, 0.2) is 65.5 Å². The van der Waals surface area contributed by atoms with Gasteiger partial charge < -0.3 is 14.3 Å². The third kappa shape index (κ3) is 3.79. The Hall–Kier alpha value is -3.81. The molecule has 5 rings (SSSR count). The van der Waals surface area contributed by atoms with Gasteiger partial charge in [0.05, 0.1) is 23.9 Å². The van der Waals surface area contributed by atoms with Crippen molar-refractivity contribution in [3.05, 3.63) is 78.6 Å². The minimum Gasteiger partial charge on any atom is -0.431 e. The van der Waals surface area contributed by atoms with Gasteiger partial charge in [-0.1, -0.05) is 25.0 Å². The lowest BCUT2D eigenvalue weighted by atomic mass is 10.1. The van der Waals surface area contributed by atoms with Crippen LogP contribution in [0.3, 0.4) is 0 Å². The molecule has 0 radical (unpaired) electrons. The van der Waals surface area contributed by atoms with Gasteiger partial charge in [0.25, 0.3) is 5.89 Å². The number of amides is 1. The fraction of sp³-hybridized carbons (Fsp3) is 0.208. The first kappa shape index (κ1) is 20.1. The Morgan fingerprint density at radius 3 is 2.53 bits per heavy atom. The molecule has 0 spiro atoms. The number of carbonyl (C=O) groups excluding carboxylic acids is 1. The number of imidazole rings is 1. The van der Waals surface area contributed by atoms with Crippen molar-refractivity contribution in [2.24, 2.45) is 0 Å². The Morgan fingerprint density at radius 1 is 1.03 bits per heavy atom. The van der Waals surface area contributed by atoms with Crippen LogP contribution in [-0.2, 0) is 0 Å². The maximum Gasteiger partial charge on any atom is 0.311 e. The van der Waals surface area contributed by atoms with E-state index in [0.29, 0.717) is 17.1 Å². The summed E-state index contributed by atoms with van der Waals surface area (Å²) in [6, 6.07) is 12.2. The van der Waals surface area contributed by atoms with Crippen molar-refractivity contribution in [2.75, 3.05) is 5.32 Å². The summed E-state index contributed by atoms with van der Waals surface area (Å²) < 4.78 is 35.2. The van der Waals surface area contributed by atoms with E-state index in [2.05, 4.69) is 15.3 Å². The van der Waals surface area contributed by atoms with Gasteiger partial charge in [0, 0.05) is 11.6 Å². The molecule has 32 heavy (non-hydrogen) atoms. The third-order valence-corrected chi connectivity index (χ3v) is 5.68. The lowest BCUT2D eigenvalue weighted by Crippen LogP contribution is -2.13. The molecular weight excluding hydrogens is 414 g/mol. The maximum absolute atomic E-state index is 13.9. The number of carbonyl (C=O) groups is 1. The molecule has 1 saturated carbocycles. The molecule has 0 aliphatic heterocycles. The van der Waals surface area contributed by atoms with Gasteiger partial charge in [-0.05, 0) is 49.2 Å². The minimum atomic E-state index is -0.656. The van der Waals surface area contributed by atoms with Crippen LogP contribution in [0.1, 0.15) is 42.4 Å². The average molecular weight is 434 g/mol. The van der Waals surface area contributed by atoms with Gasteiger partial charge in [0.2, 0.25) is 0 Å². The van der Waals surface area contributed by atoms with E-state index in [1.54, 1.807) is 24.5 Å². The first-order valence-corrected chi connectivity index (χ1v) is 10.4. The van der Waals surface area contributed by atoms with Crippen LogP contribution >= 0.6 is 0 Å². The first-order chi connectivity index (χ1) is 15.6. The fourth-order valence-corrected chi connectivity index (χ4v) is 4.11. The van der Waals surface area contributed by atoms with Crippen molar-refractivity contribution in [3.63, 3.8) is 0 Å². The van der Waals surface area contributed by atoms with E-state index < -0.39 is 11.7 Å². The van der Waals surface area contributed by atoms with E-state index in [-0.39, 0.29) is 23.4 Å². The molecule has 0 atom stereocenters. The highest BCUT2D eigenvalue weighted by Crippen LogP contribution is 2.38. The maximum atomic E-state index is 13.9. The Bertz CT molecular complexity index is 1260. The molecule has 0 saturated heterocycles. The van der Waals surface area contributed by atoms with Gasteiger partial charge in [-0.2, -0.15) is 0 Å². The molecule has 4 aromatic rings. The van der Waals surface area contributed by atoms with Crippen molar-refractivity contribution in [3.8, 4) is 22.7 Å². The largest absolute Gasteiger partial charge is 0.431 e. The van der Waals surface area contributed by atoms with Gasteiger partial charge in [-0.25, -0.2) is 18.7 Å². The number of hydrogen-bond acceptors (Lipinski definition) is 4. The Labute approximate surface area is 182 Å². The van der Waals surface area contributed by atoms with E-state index in [9.17, 15) is 13.6 Å². The van der Waals surface area contributed by atoms with Crippen LogP contribution in [0, 0.1) is 11.6 Å². The van der Waals surface area contributed by atoms with Crippen LogP contribution in [0.2, 0.25) is 0 Å². The SMILES string of the molecule is O=C(Nc1ccccc1F)c1ncc(-c2c(-c3ccc(F)cc3)ncn2C2CCCC2)o1. The summed E-state index contributed by atoms with van der Waals surface area (Å²) in [7, 11) is 0. The smallest absolute Gasteiger partial charge is 0.311 e. The van der Waals surface area contributed by atoms with Gasteiger partial charge in [-0.15, -0.1) is 0 Å². The molecular formula is C24H20F2N4O2. The lowest BCUT2D eigenvalue weighted by Gasteiger charge is -2.14. The number of rotatable bonds is 5. The van der Waals surface area contributed by atoms with Crippen LogP contribution in [0.25, 0.3) is 22.7 Å². The fourth-order valence-electron chi connectivity index (χ4n) is 4.11. The molecule has 6 nitrogen and oxygen atoms in total. The van der Waals surface area contributed by atoms with Gasteiger partial charge in [0.15, 0.2) is 5.76 Å². The van der Waals surface area contributed by atoms with Crippen molar-refractivity contribution < 1.29 is 18.0 Å². The van der Waals surface area contributed by atoms with Crippen LogP contribution in [0.4, 0.5) is 14.5 Å². The van der Waals surface area contributed by atoms with Crippen molar-refractivity contribution in [2.45, 2.75) is 31.7 Å². The van der Waals surface area contributed by atoms with Crippen LogP contribution in [-0.4, -0.2) is 20.4 Å². The molecule has 2 aromatic carbocycles. The molecule has 0 unspecified atom stereocenters. The first-order valence-electron chi connectivity index (χ1n) is 10.4. The molecule has 8 heteroatoms. The van der Waals surface area contributed by atoms with Gasteiger partial charge >= 0.3 is 5.91 Å². The number of benzene rings is 2. The number of oxazole rings is 1. The molecule has 1 fully saturated rings. The molecule has 1 aliphatic carbocycles. The van der Waals surface area contributed by atoms with Crippen LogP contribution in [0.5, 0.6) is 0 Å². The lowest BCUT2D eigenvalue weighted by molar-refractivity contribution is 0.0990. The summed E-state index contributed by atoms with van der Waals surface area (Å²) in [5.41, 5.74) is 2.07. The molecule has 162 valence electrons. The van der Waals surface area contributed by atoms with Gasteiger partial charge in [0.1, 0.15) is 17.3 Å². The molecule has 0 bridgehead atoms.